The average Bonchev–Trinajstić information content (AvgIpc) is 2.53. The minimum Gasteiger partial charge on any atom is -0.384 e. The summed E-state index contributed by atoms with van der Waals surface area (Å²) < 4.78 is 5.31. The van der Waals surface area contributed by atoms with Gasteiger partial charge in [0.1, 0.15) is 12.4 Å². The number of carbonyl (C=O) groups excluding carboxylic acids is 2. The van der Waals surface area contributed by atoms with E-state index in [4.69, 9.17) is 21.9 Å². The van der Waals surface area contributed by atoms with Gasteiger partial charge in [-0.1, -0.05) is 30.3 Å². The highest BCUT2D eigenvalue weighted by molar-refractivity contribution is 5.75. The summed E-state index contributed by atoms with van der Waals surface area (Å²) >= 11 is 0. The van der Waals surface area contributed by atoms with E-state index in [9.17, 15) is 9.59 Å². The molecule has 1 aromatic carbocycles. The Balaban J connectivity index is 2.17. The molecule has 8 heteroatoms. The molecule has 2 rings (SSSR count). The summed E-state index contributed by atoms with van der Waals surface area (Å²) in [6.45, 7) is -0.336. The van der Waals surface area contributed by atoms with E-state index in [2.05, 4.69) is 10.3 Å². The molecule has 7 N–H and O–H groups in total. The first-order valence-corrected chi connectivity index (χ1v) is 7.19. The standard InChI is InChI=1S/C16H19N5O3/c17-13-5-4-11(8-20-13)6-10-2-1-3-12(7-10)15(21-16(19)23)24-9-14(18)22/h1-5,7-8,15H,6,9H2,(H2,17,20)(H2,18,22)(H3,19,21,23). The van der Waals surface area contributed by atoms with Crippen molar-refractivity contribution in [2.24, 2.45) is 11.5 Å². The van der Waals surface area contributed by atoms with Crippen LogP contribution in [0.25, 0.3) is 0 Å². The van der Waals surface area contributed by atoms with Gasteiger partial charge in [-0.05, 0) is 23.6 Å². The summed E-state index contributed by atoms with van der Waals surface area (Å²) in [5.74, 6) is -0.187. The molecule has 0 saturated carbocycles. The van der Waals surface area contributed by atoms with Gasteiger partial charge in [0, 0.05) is 11.8 Å². The zero-order chi connectivity index (χ0) is 17.5. The number of primary amides is 2. The number of amides is 3. The van der Waals surface area contributed by atoms with Crippen molar-refractivity contribution in [2.45, 2.75) is 12.6 Å². The molecule has 0 aliphatic rings. The lowest BCUT2D eigenvalue weighted by Crippen LogP contribution is -2.36. The molecule has 0 bridgehead atoms. The van der Waals surface area contributed by atoms with E-state index in [1.165, 1.54) is 0 Å². The van der Waals surface area contributed by atoms with Crippen molar-refractivity contribution in [3.8, 4) is 0 Å². The molecule has 0 radical (unpaired) electrons. The highest BCUT2D eigenvalue weighted by Gasteiger charge is 2.15. The predicted molar refractivity (Wildman–Crippen MR) is 88.5 cm³/mol. The number of nitrogens with zero attached hydrogens (tertiary/aromatic N) is 1. The van der Waals surface area contributed by atoms with Crippen molar-refractivity contribution in [1.82, 2.24) is 10.3 Å². The normalized spacial score (nSPS) is 11.7. The molecule has 0 saturated heterocycles. The summed E-state index contributed by atoms with van der Waals surface area (Å²) in [5, 5.41) is 2.43. The lowest BCUT2D eigenvalue weighted by molar-refractivity contribution is -0.125. The monoisotopic (exact) mass is 329 g/mol. The second-order valence-corrected chi connectivity index (χ2v) is 5.18. The van der Waals surface area contributed by atoms with Gasteiger partial charge in [-0.3, -0.25) is 4.79 Å². The first-order valence-electron chi connectivity index (χ1n) is 7.19. The number of nitrogen functional groups attached to an aromatic ring is 1. The zero-order valence-corrected chi connectivity index (χ0v) is 12.9. The maximum atomic E-state index is 11.1. The van der Waals surface area contributed by atoms with Crippen molar-refractivity contribution in [1.29, 1.82) is 0 Å². The Morgan fingerprint density at radius 3 is 2.58 bits per heavy atom. The van der Waals surface area contributed by atoms with Crippen LogP contribution in [0.1, 0.15) is 22.9 Å². The van der Waals surface area contributed by atoms with Crippen LogP contribution in [0, 0.1) is 0 Å². The Morgan fingerprint density at radius 1 is 1.17 bits per heavy atom. The molecule has 24 heavy (non-hydrogen) atoms. The number of aromatic nitrogens is 1. The maximum Gasteiger partial charge on any atom is 0.314 e. The van der Waals surface area contributed by atoms with Crippen LogP contribution < -0.4 is 22.5 Å². The van der Waals surface area contributed by atoms with Gasteiger partial charge in [-0.25, -0.2) is 9.78 Å². The van der Waals surface area contributed by atoms with Crippen LogP contribution in [0.3, 0.4) is 0 Å². The molecule has 3 amide bonds. The van der Waals surface area contributed by atoms with Crippen LogP contribution in [0.4, 0.5) is 10.6 Å². The third-order valence-electron chi connectivity index (χ3n) is 3.18. The van der Waals surface area contributed by atoms with Crippen LogP contribution in [0.15, 0.2) is 42.6 Å². The Bertz CT molecular complexity index is 718. The number of nitrogens with one attached hydrogen (secondary N) is 1. The van der Waals surface area contributed by atoms with Crippen molar-refractivity contribution >= 4 is 17.8 Å². The van der Waals surface area contributed by atoms with E-state index >= 15 is 0 Å². The van der Waals surface area contributed by atoms with Crippen LogP contribution >= 0.6 is 0 Å². The SMILES string of the molecule is NC(=O)COC(NC(N)=O)c1cccc(Cc2ccc(N)nc2)c1. The van der Waals surface area contributed by atoms with Crippen molar-refractivity contribution in [3.05, 3.63) is 59.3 Å². The van der Waals surface area contributed by atoms with E-state index in [0.717, 1.165) is 11.1 Å². The fourth-order valence-electron chi connectivity index (χ4n) is 2.16. The number of ether oxygens (including phenoxy) is 1. The maximum absolute atomic E-state index is 11.1. The topological polar surface area (TPSA) is 146 Å². The van der Waals surface area contributed by atoms with Gasteiger partial charge >= 0.3 is 6.03 Å². The number of hydrogen-bond acceptors (Lipinski definition) is 5. The van der Waals surface area contributed by atoms with E-state index < -0.39 is 18.2 Å². The molecule has 1 unspecified atom stereocenters. The molecule has 0 fully saturated rings. The summed E-state index contributed by atoms with van der Waals surface area (Å²) in [5.41, 5.74) is 18.4. The lowest BCUT2D eigenvalue weighted by Gasteiger charge is -2.18. The summed E-state index contributed by atoms with van der Waals surface area (Å²) in [7, 11) is 0. The number of nitrogens with two attached hydrogens (primary N) is 3. The lowest BCUT2D eigenvalue weighted by atomic mass is 10.0. The summed E-state index contributed by atoms with van der Waals surface area (Å²) in [6, 6.07) is 10.2. The molecule has 126 valence electrons. The number of urea groups is 1. The third kappa shape index (κ3) is 5.25. The molecule has 2 aromatic rings. The van der Waals surface area contributed by atoms with Crippen molar-refractivity contribution < 1.29 is 14.3 Å². The smallest absolute Gasteiger partial charge is 0.314 e. The third-order valence-corrected chi connectivity index (χ3v) is 3.18. The van der Waals surface area contributed by atoms with Gasteiger partial charge in [0.15, 0.2) is 6.23 Å². The number of benzene rings is 1. The fourth-order valence-corrected chi connectivity index (χ4v) is 2.16. The summed E-state index contributed by atoms with van der Waals surface area (Å²) in [6.07, 6.45) is 1.46. The molecular weight excluding hydrogens is 310 g/mol. The van der Waals surface area contributed by atoms with Crippen LogP contribution in [-0.2, 0) is 16.0 Å². The van der Waals surface area contributed by atoms with Gasteiger partial charge in [-0.2, -0.15) is 0 Å². The molecule has 0 aliphatic carbocycles. The average molecular weight is 329 g/mol. The number of anilines is 1. The molecule has 1 heterocycles. The Hall–Kier alpha value is -3.13. The van der Waals surface area contributed by atoms with Crippen LogP contribution in [0.2, 0.25) is 0 Å². The molecule has 1 aromatic heterocycles. The number of rotatable bonds is 7. The first kappa shape index (κ1) is 17.2. The van der Waals surface area contributed by atoms with Gasteiger partial charge in [0.05, 0.1) is 0 Å². The van der Waals surface area contributed by atoms with Crippen LogP contribution in [-0.4, -0.2) is 23.5 Å². The molecular formula is C16H19N5O3. The molecule has 0 aliphatic heterocycles. The van der Waals surface area contributed by atoms with Crippen molar-refractivity contribution in [3.63, 3.8) is 0 Å². The Kier molecular flexibility index (Phi) is 5.69. The Labute approximate surface area is 139 Å². The van der Waals surface area contributed by atoms with Gasteiger partial charge in [0.25, 0.3) is 0 Å². The first-order chi connectivity index (χ1) is 11.4. The Morgan fingerprint density at radius 2 is 1.96 bits per heavy atom. The zero-order valence-electron chi connectivity index (χ0n) is 12.9. The van der Waals surface area contributed by atoms with Gasteiger partial charge in [-0.15, -0.1) is 0 Å². The molecule has 8 nitrogen and oxygen atoms in total. The van der Waals surface area contributed by atoms with E-state index in [0.29, 0.717) is 17.8 Å². The highest BCUT2D eigenvalue weighted by atomic mass is 16.5. The second kappa shape index (κ2) is 7.93. The molecule has 1 atom stereocenters. The van der Waals surface area contributed by atoms with E-state index in [-0.39, 0.29) is 6.61 Å². The largest absolute Gasteiger partial charge is 0.384 e. The minimum absolute atomic E-state index is 0.336. The van der Waals surface area contributed by atoms with Crippen molar-refractivity contribution in [2.75, 3.05) is 12.3 Å². The highest BCUT2D eigenvalue weighted by Crippen LogP contribution is 2.18. The fraction of sp³-hybridized carbons (Fsp3) is 0.188. The predicted octanol–water partition coefficient (Wildman–Crippen LogP) is 0.423. The minimum atomic E-state index is -0.862. The molecule has 0 spiro atoms. The van der Waals surface area contributed by atoms with E-state index in [1.54, 1.807) is 18.3 Å². The van der Waals surface area contributed by atoms with E-state index in [1.807, 2.05) is 24.3 Å². The quantitative estimate of drug-likeness (QED) is 0.544. The second-order valence-electron chi connectivity index (χ2n) is 5.18. The van der Waals surface area contributed by atoms with Crippen LogP contribution in [0.5, 0.6) is 0 Å². The van der Waals surface area contributed by atoms with Gasteiger partial charge in [0.2, 0.25) is 5.91 Å². The van der Waals surface area contributed by atoms with Gasteiger partial charge < -0.3 is 27.3 Å². The number of carbonyl (C=O) groups is 2. The number of pyridine rings is 1. The number of hydrogen-bond donors (Lipinski definition) is 4. The summed E-state index contributed by atoms with van der Waals surface area (Å²) in [4.78, 5) is 26.1.